The lowest BCUT2D eigenvalue weighted by molar-refractivity contribution is -0.683. The summed E-state index contributed by atoms with van der Waals surface area (Å²) in [6.07, 6.45) is 3.41. The minimum absolute atomic E-state index is 0. The van der Waals surface area contributed by atoms with E-state index in [4.69, 9.17) is 5.73 Å². The quantitative estimate of drug-likeness (QED) is 0.508. The Morgan fingerprint density at radius 1 is 0.950 bits per heavy atom. The van der Waals surface area contributed by atoms with Crippen molar-refractivity contribution < 1.29 is 31.1 Å². The number of pyridine rings is 1. The first-order chi connectivity index (χ1) is 9.20. The van der Waals surface area contributed by atoms with Crippen molar-refractivity contribution in [3.63, 3.8) is 0 Å². The van der Waals surface area contributed by atoms with Crippen molar-refractivity contribution in [1.82, 2.24) is 0 Å². The first kappa shape index (κ1) is 16.2. The van der Waals surface area contributed by atoms with Gasteiger partial charge >= 0.3 is 0 Å². The maximum Gasteiger partial charge on any atom is 0.227 e. The molecule has 0 saturated carbocycles. The highest BCUT2D eigenvalue weighted by Gasteiger charge is 2.14. The molecule has 104 valence electrons. The van der Waals surface area contributed by atoms with E-state index in [1.807, 2.05) is 18.2 Å². The van der Waals surface area contributed by atoms with Crippen LogP contribution in [0.1, 0.15) is 20.7 Å². The number of hydrogen-bond acceptors (Lipinski definition) is 3. The van der Waals surface area contributed by atoms with Crippen LogP contribution in [0, 0.1) is 0 Å². The lowest BCUT2D eigenvalue weighted by Gasteiger charge is -2.00. The van der Waals surface area contributed by atoms with Gasteiger partial charge in [-0.2, -0.15) is 4.57 Å². The highest BCUT2D eigenvalue weighted by molar-refractivity contribution is 5.97. The Labute approximate surface area is 128 Å². The van der Waals surface area contributed by atoms with Crippen molar-refractivity contribution in [3.05, 3.63) is 66.0 Å². The van der Waals surface area contributed by atoms with Gasteiger partial charge in [0.05, 0.1) is 12.1 Å². The third-order valence-corrected chi connectivity index (χ3v) is 2.79. The van der Waals surface area contributed by atoms with Gasteiger partial charge in [-0.15, -0.1) is 0 Å². The van der Waals surface area contributed by atoms with Crippen LogP contribution < -0.4 is 27.3 Å². The zero-order valence-corrected chi connectivity index (χ0v) is 12.4. The van der Waals surface area contributed by atoms with Crippen molar-refractivity contribution in [2.24, 2.45) is 5.73 Å². The molecular weight excluding hydrogens is 320 g/mol. The molecule has 5 heteroatoms. The van der Waals surface area contributed by atoms with E-state index >= 15 is 0 Å². The van der Waals surface area contributed by atoms with Crippen molar-refractivity contribution in [2.75, 3.05) is 6.54 Å². The molecule has 0 radical (unpaired) electrons. The van der Waals surface area contributed by atoms with E-state index in [-0.39, 0.29) is 41.6 Å². The first-order valence-corrected chi connectivity index (χ1v) is 6.01. The van der Waals surface area contributed by atoms with Crippen molar-refractivity contribution >= 4 is 11.6 Å². The van der Waals surface area contributed by atoms with Crippen molar-refractivity contribution in [3.8, 4) is 0 Å². The number of carbonyl (C=O) groups is 2. The fourth-order valence-electron chi connectivity index (χ4n) is 1.78. The molecule has 1 aromatic carbocycles. The summed E-state index contributed by atoms with van der Waals surface area (Å²) in [5, 5.41) is 0. The van der Waals surface area contributed by atoms with Gasteiger partial charge in [0.25, 0.3) is 0 Å². The molecule has 1 aromatic heterocycles. The number of halogens is 1. The summed E-state index contributed by atoms with van der Waals surface area (Å²) in [5.74, 6) is -0.135. The van der Waals surface area contributed by atoms with E-state index in [0.29, 0.717) is 11.1 Å². The van der Waals surface area contributed by atoms with Crippen molar-refractivity contribution in [2.45, 2.75) is 6.54 Å². The van der Waals surface area contributed by atoms with Crippen LogP contribution >= 0.6 is 0 Å². The molecule has 0 unspecified atom stereocenters. The van der Waals surface area contributed by atoms with E-state index < -0.39 is 0 Å². The van der Waals surface area contributed by atoms with E-state index in [1.165, 1.54) is 0 Å². The molecule has 0 aliphatic carbocycles. The maximum atomic E-state index is 12.0. The van der Waals surface area contributed by atoms with Gasteiger partial charge in [0.15, 0.2) is 18.2 Å². The Bertz CT molecular complexity index is 600. The molecule has 1 heterocycles. The van der Waals surface area contributed by atoms with E-state index in [2.05, 4.69) is 0 Å². The number of benzene rings is 1. The topological polar surface area (TPSA) is 64.0 Å². The monoisotopic (exact) mass is 334 g/mol. The molecule has 0 bridgehead atoms. The fraction of sp³-hybridized carbons (Fsp3) is 0.133. The van der Waals surface area contributed by atoms with E-state index in [0.717, 1.165) is 0 Å². The Balaban J connectivity index is 0.00000200. The fourth-order valence-corrected chi connectivity index (χ4v) is 1.78. The summed E-state index contributed by atoms with van der Waals surface area (Å²) in [6, 6.07) is 12.5. The number of Topliss-reactive ketones (excluding diaryl/α,β-unsaturated/α-hetero) is 2. The summed E-state index contributed by atoms with van der Waals surface area (Å²) in [6.45, 7) is 0.173. The Hall–Kier alpha value is -1.85. The number of rotatable bonds is 5. The smallest absolute Gasteiger partial charge is 0.227 e. The summed E-state index contributed by atoms with van der Waals surface area (Å²) in [7, 11) is 0. The molecular formula is C15H15BrN2O2. The predicted octanol–water partition coefficient (Wildman–Crippen LogP) is -2.00. The molecule has 0 saturated heterocycles. The van der Waals surface area contributed by atoms with Crippen LogP contribution in [0.5, 0.6) is 0 Å². The summed E-state index contributed by atoms with van der Waals surface area (Å²) in [4.78, 5) is 23.5. The molecule has 0 spiro atoms. The standard InChI is InChI=1S/C15H15N2O2.BrH/c16-9-14(18)13-7-4-8-17(10-13)11-15(19)12-5-2-1-3-6-12;/h1-8,10H,9,11,16H2;1H/q+1;/p-1. The number of nitrogens with zero attached hydrogens (tertiary/aromatic N) is 1. The zero-order chi connectivity index (χ0) is 13.7. The largest absolute Gasteiger partial charge is 1.00 e. The molecule has 0 aliphatic rings. The normalized spacial score (nSPS) is 9.65. The van der Waals surface area contributed by atoms with Crippen LogP contribution in [0.3, 0.4) is 0 Å². The number of hydrogen-bond donors (Lipinski definition) is 1. The lowest BCUT2D eigenvalue weighted by atomic mass is 10.1. The maximum absolute atomic E-state index is 12.0. The Kier molecular flexibility index (Phi) is 6.21. The summed E-state index contributed by atoms with van der Waals surface area (Å²) < 4.78 is 1.69. The first-order valence-electron chi connectivity index (χ1n) is 6.01. The third-order valence-electron chi connectivity index (χ3n) is 2.79. The van der Waals surface area contributed by atoms with Gasteiger partial charge in [0.1, 0.15) is 0 Å². The van der Waals surface area contributed by atoms with Gasteiger partial charge in [-0.3, -0.25) is 9.59 Å². The highest BCUT2D eigenvalue weighted by Crippen LogP contribution is 2.00. The molecule has 2 rings (SSSR count). The van der Waals surface area contributed by atoms with Gasteiger partial charge < -0.3 is 22.7 Å². The van der Waals surface area contributed by atoms with E-state index in [9.17, 15) is 9.59 Å². The predicted molar refractivity (Wildman–Crippen MR) is 70.8 cm³/mol. The van der Waals surface area contributed by atoms with Crippen LogP contribution in [0.25, 0.3) is 0 Å². The minimum Gasteiger partial charge on any atom is -1.00 e. The van der Waals surface area contributed by atoms with Crippen molar-refractivity contribution in [1.29, 1.82) is 0 Å². The summed E-state index contributed by atoms with van der Waals surface area (Å²) >= 11 is 0. The van der Waals surface area contributed by atoms with Crippen LogP contribution in [-0.4, -0.2) is 18.1 Å². The van der Waals surface area contributed by atoms with Crippen LogP contribution in [0.15, 0.2) is 54.9 Å². The average molecular weight is 335 g/mol. The molecule has 0 amide bonds. The number of aromatic nitrogens is 1. The van der Waals surface area contributed by atoms with Gasteiger partial charge in [0.2, 0.25) is 12.3 Å². The molecule has 0 fully saturated rings. The molecule has 4 nitrogen and oxygen atoms in total. The van der Waals surface area contributed by atoms with Gasteiger partial charge in [-0.1, -0.05) is 30.3 Å². The number of nitrogens with two attached hydrogens (primary N) is 1. The molecule has 20 heavy (non-hydrogen) atoms. The van der Waals surface area contributed by atoms with Crippen LogP contribution in [-0.2, 0) is 6.54 Å². The molecule has 0 atom stereocenters. The molecule has 2 N–H and O–H groups in total. The molecule has 0 aliphatic heterocycles. The van der Waals surface area contributed by atoms with Crippen LogP contribution in [0.4, 0.5) is 0 Å². The van der Waals surface area contributed by atoms with E-state index in [1.54, 1.807) is 41.2 Å². The number of carbonyl (C=O) groups excluding carboxylic acids is 2. The highest BCUT2D eigenvalue weighted by atomic mass is 79.9. The summed E-state index contributed by atoms with van der Waals surface area (Å²) in [5.41, 5.74) is 6.50. The second-order valence-electron chi connectivity index (χ2n) is 4.18. The number of ketones is 2. The Morgan fingerprint density at radius 2 is 1.60 bits per heavy atom. The second-order valence-corrected chi connectivity index (χ2v) is 4.18. The Morgan fingerprint density at radius 3 is 2.25 bits per heavy atom. The third kappa shape index (κ3) is 4.08. The van der Waals surface area contributed by atoms with Gasteiger partial charge in [-0.05, 0) is 6.07 Å². The minimum atomic E-state index is -0.137. The second kappa shape index (κ2) is 7.67. The lowest BCUT2D eigenvalue weighted by Crippen LogP contribution is -3.00. The van der Waals surface area contributed by atoms with Gasteiger partial charge in [0, 0.05) is 11.6 Å². The van der Waals surface area contributed by atoms with Crippen LogP contribution in [0.2, 0.25) is 0 Å². The average Bonchev–Trinajstić information content (AvgIpc) is 2.47. The zero-order valence-electron chi connectivity index (χ0n) is 10.8. The molecule has 2 aromatic rings. The van der Waals surface area contributed by atoms with Gasteiger partial charge in [-0.25, -0.2) is 0 Å². The SMILES string of the molecule is NCC(=O)c1ccc[n+](CC(=O)c2ccccc2)c1.[Br-].